The van der Waals surface area contributed by atoms with Crippen LogP contribution in [0.3, 0.4) is 0 Å². The van der Waals surface area contributed by atoms with E-state index in [2.05, 4.69) is 4.74 Å². The lowest BCUT2D eigenvalue weighted by Crippen LogP contribution is -2.16. The number of carbonyl (C=O) groups is 1. The van der Waals surface area contributed by atoms with Gasteiger partial charge in [0.15, 0.2) is 0 Å². The highest BCUT2D eigenvalue weighted by Gasteiger charge is 2.31. The molecular weight excluding hydrogens is 338 g/mol. The lowest BCUT2D eigenvalue weighted by molar-refractivity contribution is -0.387. The van der Waals surface area contributed by atoms with Crippen molar-refractivity contribution in [2.75, 3.05) is 0 Å². The Kier molecular flexibility index (Phi) is 4.40. The van der Waals surface area contributed by atoms with E-state index in [9.17, 15) is 32.5 Å². The number of carboxylic acid groups (broad SMARTS) is 1. The molecule has 0 fully saturated rings. The van der Waals surface area contributed by atoms with E-state index in [1.165, 1.54) is 0 Å². The maximum Gasteiger partial charge on any atom is 0.573 e. The van der Waals surface area contributed by atoms with Gasteiger partial charge in [-0.05, 0) is 29.3 Å². The fraction of sp³-hybridized carbons (Fsp3) is 0.0714. The van der Waals surface area contributed by atoms with Gasteiger partial charge in [0.1, 0.15) is 11.3 Å². The summed E-state index contributed by atoms with van der Waals surface area (Å²) in [6.45, 7) is 0. The maximum atomic E-state index is 13.8. The van der Waals surface area contributed by atoms with Crippen LogP contribution in [0.25, 0.3) is 11.1 Å². The van der Waals surface area contributed by atoms with Crippen LogP contribution in [-0.4, -0.2) is 22.4 Å². The Morgan fingerprint density at radius 3 is 2.17 bits per heavy atom. The van der Waals surface area contributed by atoms with Crippen LogP contribution in [0.2, 0.25) is 0 Å². The first kappa shape index (κ1) is 17.2. The first-order valence-electron chi connectivity index (χ1n) is 6.16. The monoisotopic (exact) mass is 345 g/mol. The minimum absolute atomic E-state index is 0.0425. The number of rotatable bonds is 4. The smallest absolute Gasteiger partial charge is 0.478 e. The van der Waals surface area contributed by atoms with Gasteiger partial charge in [-0.15, -0.1) is 13.2 Å². The van der Waals surface area contributed by atoms with Crippen LogP contribution >= 0.6 is 0 Å². The second-order valence-corrected chi connectivity index (χ2v) is 4.49. The second kappa shape index (κ2) is 6.14. The standard InChI is InChI=1S/C14H7F4NO5/c15-12-10(13(20)21)5-8(6-11(12)19(22)23)7-1-3-9(4-2-7)24-14(16,17)18/h1-6H,(H,20,21). The molecule has 24 heavy (non-hydrogen) atoms. The molecule has 2 aromatic carbocycles. The summed E-state index contributed by atoms with van der Waals surface area (Å²) in [6, 6.07) is 5.79. The zero-order chi connectivity index (χ0) is 18.1. The van der Waals surface area contributed by atoms with Crippen molar-refractivity contribution in [1.29, 1.82) is 0 Å². The van der Waals surface area contributed by atoms with Crippen molar-refractivity contribution in [3.05, 3.63) is 57.9 Å². The highest BCUT2D eigenvalue weighted by molar-refractivity contribution is 5.91. The van der Waals surface area contributed by atoms with Crippen LogP contribution < -0.4 is 4.74 Å². The molecule has 1 N–H and O–H groups in total. The molecular formula is C14H7F4NO5. The second-order valence-electron chi connectivity index (χ2n) is 4.49. The normalized spacial score (nSPS) is 11.2. The van der Waals surface area contributed by atoms with E-state index < -0.39 is 40.1 Å². The molecule has 0 heterocycles. The third-order valence-electron chi connectivity index (χ3n) is 2.90. The van der Waals surface area contributed by atoms with Gasteiger partial charge in [-0.1, -0.05) is 12.1 Å². The first-order chi connectivity index (χ1) is 11.1. The van der Waals surface area contributed by atoms with Crippen LogP contribution in [0.15, 0.2) is 36.4 Å². The van der Waals surface area contributed by atoms with E-state index in [-0.39, 0.29) is 11.1 Å². The number of halogens is 4. The number of hydrogen-bond donors (Lipinski definition) is 1. The quantitative estimate of drug-likeness (QED) is 0.514. The van der Waals surface area contributed by atoms with Crippen molar-refractivity contribution < 1.29 is 37.1 Å². The minimum Gasteiger partial charge on any atom is -0.478 e. The van der Waals surface area contributed by atoms with E-state index in [1.54, 1.807) is 0 Å². The molecule has 6 nitrogen and oxygen atoms in total. The molecule has 0 atom stereocenters. The summed E-state index contributed by atoms with van der Waals surface area (Å²) in [5, 5.41) is 19.7. The summed E-state index contributed by atoms with van der Waals surface area (Å²) in [5.41, 5.74) is -1.87. The minimum atomic E-state index is -4.88. The van der Waals surface area contributed by atoms with Crippen LogP contribution in [0.4, 0.5) is 23.2 Å². The molecule has 0 saturated carbocycles. The Bertz CT molecular complexity index is 767. The number of nitro groups is 1. The number of nitro benzene ring substituents is 1. The van der Waals surface area contributed by atoms with Crippen LogP contribution in [0.1, 0.15) is 10.4 Å². The lowest BCUT2D eigenvalue weighted by Gasteiger charge is -2.10. The topological polar surface area (TPSA) is 89.7 Å². The van der Waals surface area contributed by atoms with Crippen molar-refractivity contribution in [1.82, 2.24) is 0 Å². The zero-order valence-electron chi connectivity index (χ0n) is 11.5. The fourth-order valence-corrected chi connectivity index (χ4v) is 1.91. The molecule has 126 valence electrons. The molecule has 2 aromatic rings. The predicted molar refractivity (Wildman–Crippen MR) is 72.1 cm³/mol. The average molecular weight is 345 g/mol. The van der Waals surface area contributed by atoms with E-state index >= 15 is 0 Å². The third kappa shape index (κ3) is 3.77. The summed E-state index contributed by atoms with van der Waals surface area (Å²) < 4.78 is 53.7. The SMILES string of the molecule is O=C(O)c1cc(-c2ccc(OC(F)(F)F)cc2)cc([N+](=O)[O-])c1F. The largest absolute Gasteiger partial charge is 0.573 e. The van der Waals surface area contributed by atoms with E-state index in [0.29, 0.717) is 0 Å². The van der Waals surface area contributed by atoms with Gasteiger partial charge in [-0.25, -0.2) is 4.79 Å². The van der Waals surface area contributed by atoms with Gasteiger partial charge >= 0.3 is 18.0 Å². The third-order valence-corrected chi connectivity index (χ3v) is 2.90. The molecule has 0 radical (unpaired) electrons. The zero-order valence-corrected chi connectivity index (χ0v) is 11.5. The van der Waals surface area contributed by atoms with Gasteiger partial charge in [0.25, 0.3) is 0 Å². The van der Waals surface area contributed by atoms with E-state index in [1.807, 2.05) is 0 Å². The summed E-state index contributed by atoms with van der Waals surface area (Å²) in [7, 11) is 0. The number of benzene rings is 2. The Morgan fingerprint density at radius 1 is 1.12 bits per heavy atom. The fourth-order valence-electron chi connectivity index (χ4n) is 1.91. The Balaban J connectivity index is 2.48. The van der Waals surface area contributed by atoms with Gasteiger partial charge < -0.3 is 9.84 Å². The van der Waals surface area contributed by atoms with Crippen molar-refractivity contribution in [2.24, 2.45) is 0 Å². The van der Waals surface area contributed by atoms with Crippen LogP contribution in [-0.2, 0) is 0 Å². The van der Waals surface area contributed by atoms with Gasteiger partial charge in [0, 0.05) is 6.07 Å². The molecule has 0 aliphatic rings. The predicted octanol–water partition coefficient (Wildman–Crippen LogP) is 4.00. The summed E-state index contributed by atoms with van der Waals surface area (Å²) in [4.78, 5) is 20.7. The number of ether oxygens (including phenoxy) is 1. The molecule has 0 saturated heterocycles. The van der Waals surface area contributed by atoms with Crippen molar-refractivity contribution in [2.45, 2.75) is 6.36 Å². The maximum absolute atomic E-state index is 13.8. The van der Waals surface area contributed by atoms with Gasteiger partial charge in [0.2, 0.25) is 5.82 Å². The van der Waals surface area contributed by atoms with E-state index in [0.717, 1.165) is 36.4 Å². The lowest BCUT2D eigenvalue weighted by atomic mass is 10.0. The van der Waals surface area contributed by atoms with Gasteiger partial charge in [-0.3, -0.25) is 10.1 Å². The number of nitrogens with zero attached hydrogens (tertiary/aromatic N) is 1. The molecule has 0 bridgehead atoms. The summed E-state index contributed by atoms with van der Waals surface area (Å²) in [6.07, 6.45) is -4.88. The van der Waals surface area contributed by atoms with Crippen molar-refractivity contribution >= 4 is 11.7 Å². The van der Waals surface area contributed by atoms with E-state index in [4.69, 9.17) is 5.11 Å². The van der Waals surface area contributed by atoms with Crippen molar-refractivity contribution in [3.8, 4) is 16.9 Å². The number of hydrogen-bond acceptors (Lipinski definition) is 4. The molecule has 0 aliphatic heterocycles. The molecule has 2 rings (SSSR count). The van der Waals surface area contributed by atoms with Crippen LogP contribution in [0.5, 0.6) is 5.75 Å². The summed E-state index contributed by atoms with van der Waals surface area (Å²) in [5.74, 6) is -3.75. The molecule has 0 amide bonds. The van der Waals surface area contributed by atoms with Gasteiger partial charge in [-0.2, -0.15) is 4.39 Å². The first-order valence-corrected chi connectivity index (χ1v) is 6.16. The Labute approximate surface area is 131 Å². The highest BCUT2D eigenvalue weighted by atomic mass is 19.4. The van der Waals surface area contributed by atoms with Crippen LogP contribution in [0, 0.1) is 15.9 Å². The number of aromatic carboxylic acids is 1. The molecule has 0 spiro atoms. The number of alkyl halides is 3. The highest BCUT2D eigenvalue weighted by Crippen LogP contribution is 2.31. The number of carboxylic acids is 1. The Morgan fingerprint density at radius 2 is 1.71 bits per heavy atom. The Hall–Kier alpha value is -3.17. The molecule has 10 heteroatoms. The molecule has 0 aliphatic carbocycles. The molecule has 0 unspecified atom stereocenters. The molecule has 0 aromatic heterocycles. The summed E-state index contributed by atoms with van der Waals surface area (Å²) >= 11 is 0. The van der Waals surface area contributed by atoms with Gasteiger partial charge in [0.05, 0.1) is 4.92 Å². The average Bonchev–Trinajstić information content (AvgIpc) is 2.46. The van der Waals surface area contributed by atoms with Crippen molar-refractivity contribution in [3.63, 3.8) is 0 Å².